The van der Waals surface area contributed by atoms with Gasteiger partial charge in [0.25, 0.3) is 15.7 Å². The molecule has 9 nitrogen and oxygen atoms in total. The van der Waals surface area contributed by atoms with Gasteiger partial charge in [-0.05, 0) is 6.07 Å². The molecule has 1 aromatic carbocycles. The number of nitrogen functional groups attached to an aromatic ring is 1. The zero-order valence-corrected chi connectivity index (χ0v) is 11.2. The largest absolute Gasteiger partial charge is 0.398 e. The average molecular weight is 297 g/mol. The van der Waals surface area contributed by atoms with E-state index in [9.17, 15) is 18.5 Å². The first kappa shape index (κ1) is 13.8. The molecule has 10 heteroatoms. The Morgan fingerprint density at radius 1 is 1.40 bits per heavy atom. The zero-order chi connectivity index (χ0) is 14.9. The Balaban J connectivity index is 2.43. The Morgan fingerprint density at radius 2 is 2.10 bits per heavy atom. The molecule has 0 saturated carbocycles. The van der Waals surface area contributed by atoms with E-state index in [1.54, 1.807) is 13.2 Å². The molecule has 0 amide bonds. The van der Waals surface area contributed by atoms with Gasteiger partial charge in [-0.1, -0.05) is 0 Å². The molecule has 106 valence electrons. The zero-order valence-electron chi connectivity index (χ0n) is 10.3. The minimum absolute atomic E-state index is 0.0842. The fourth-order valence-corrected chi connectivity index (χ4v) is 2.68. The van der Waals surface area contributed by atoms with Crippen molar-refractivity contribution in [3.63, 3.8) is 0 Å². The Morgan fingerprint density at radius 3 is 2.65 bits per heavy atom. The second-order valence-electron chi connectivity index (χ2n) is 3.96. The van der Waals surface area contributed by atoms with Gasteiger partial charge < -0.3 is 5.73 Å². The molecule has 2 rings (SSSR count). The summed E-state index contributed by atoms with van der Waals surface area (Å²) in [5.74, 6) is 0.0957. The first-order chi connectivity index (χ1) is 9.29. The van der Waals surface area contributed by atoms with Crippen LogP contribution in [0.15, 0.2) is 35.4 Å². The summed E-state index contributed by atoms with van der Waals surface area (Å²) in [6.07, 6.45) is 1.55. The summed E-state index contributed by atoms with van der Waals surface area (Å²) in [6.45, 7) is 0. The molecule has 0 radical (unpaired) electrons. The van der Waals surface area contributed by atoms with Crippen LogP contribution in [-0.4, -0.2) is 23.1 Å². The summed E-state index contributed by atoms with van der Waals surface area (Å²) in [6, 6.07) is 4.66. The highest BCUT2D eigenvalue weighted by Gasteiger charge is 2.22. The number of nitro groups is 1. The monoisotopic (exact) mass is 297 g/mol. The van der Waals surface area contributed by atoms with E-state index in [0.29, 0.717) is 0 Å². The number of nitrogens with zero attached hydrogens (tertiary/aromatic N) is 3. The molecule has 0 unspecified atom stereocenters. The van der Waals surface area contributed by atoms with E-state index in [1.165, 1.54) is 16.8 Å². The van der Waals surface area contributed by atoms with Crippen molar-refractivity contribution in [2.75, 3.05) is 10.5 Å². The van der Waals surface area contributed by atoms with Crippen molar-refractivity contribution in [1.82, 2.24) is 9.78 Å². The molecule has 0 atom stereocenters. The number of hydrogen-bond donors (Lipinski definition) is 2. The maximum absolute atomic E-state index is 12.1. The third-order valence-electron chi connectivity index (χ3n) is 2.45. The highest BCUT2D eigenvalue weighted by Crippen LogP contribution is 2.25. The van der Waals surface area contributed by atoms with Crippen LogP contribution in [0.3, 0.4) is 0 Å². The molecule has 0 saturated heterocycles. The van der Waals surface area contributed by atoms with Crippen molar-refractivity contribution in [2.45, 2.75) is 4.90 Å². The van der Waals surface area contributed by atoms with E-state index >= 15 is 0 Å². The lowest BCUT2D eigenvalue weighted by atomic mass is 10.3. The summed E-state index contributed by atoms with van der Waals surface area (Å²) in [5.41, 5.74) is 5.12. The minimum Gasteiger partial charge on any atom is -0.398 e. The Hall–Kier alpha value is -2.62. The molecule has 0 bridgehead atoms. The molecule has 0 spiro atoms. The first-order valence-corrected chi connectivity index (χ1v) is 6.84. The highest BCUT2D eigenvalue weighted by molar-refractivity contribution is 7.92. The van der Waals surface area contributed by atoms with Crippen LogP contribution in [0.2, 0.25) is 0 Å². The number of rotatable bonds is 4. The second kappa shape index (κ2) is 4.81. The van der Waals surface area contributed by atoms with Gasteiger partial charge in [-0.15, -0.1) is 0 Å². The highest BCUT2D eigenvalue weighted by atomic mass is 32.2. The van der Waals surface area contributed by atoms with Crippen molar-refractivity contribution in [2.24, 2.45) is 7.05 Å². The molecule has 0 fully saturated rings. The second-order valence-corrected chi connectivity index (χ2v) is 5.61. The number of hydrogen-bond acceptors (Lipinski definition) is 6. The molecular formula is C10H11N5O4S. The Labute approximate surface area is 114 Å². The summed E-state index contributed by atoms with van der Waals surface area (Å²) < 4.78 is 27.9. The molecular weight excluding hydrogens is 286 g/mol. The summed E-state index contributed by atoms with van der Waals surface area (Å²) in [7, 11) is -2.42. The smallest absolute Gasteiger partial charge is 0.270 e. The lowest BCUT2D eigenvalue weighted by molar-refractivity contribution is -0.385. The predicted octanol–water partition coefficient (Wildman–Crippen LogP) is 0.711. The van der Waals surface area contributed by atoms with Gasteiger partial charge in [-0.25, -0.2) is 8.42 Å². The van der Waals surface area contributed by atoms with Crippen molar-refractivity contribution in [3.05, 3.63) is 40.6 Å². The van der Waals surface area contributed by atoms with Crippen LogP contribution >= 0.6 is 0 Å². The normalized spacial score (nSPS) is 11.2. The molecule has 20 heavy (non-hydrogen) atoms. The topological polar surface area (TPSA) is 133 Å². The lowest BCUT2D eigenvalue weighted by Gasteiger charge is -2.07. The van der Waals surface area contributed by atoms with Crippen LogP contribution in [0.4, 0.5) is 17.2 Å². The maximum Gasteiger partial charge on any atom is 0.270 e. The predicted molar refractivity (Wildman–Crippen MR) is 71.5 cm³/mol. The van der Waals surface area contributed by atoms with Crippen molar-refractivity contribution in [1.29, 1.82) is 0 Å². The third kappa shape index (κ3) is 2.69. The molecule has 3 N–H and O–H groups in total. The molecule has 0 aliphatic rings. The quantitative estimate of drug-likeness (QED) is 0.485. The number of nitrogens with one attached hydrogen (secondary N) is 1. The number of aromatic nitrogens is 2. The minimum atomic E-state index is -4.04. The standard InChI is InChI=1S/C10H11N5O4S/c1-14-5-4-10(12-14)13-20(18,19)9-6-7(15(16)17)2-3-8(9)11/h2-6H,11H2,1H3,(H,12,13). The van der Waals surface area contributed by atoms with Gasteiger partial charge in [0.1, 0.15) is 4.90 Å². The van der Waals surface area contributed by atoms with E-state index in [-0.39, 0.29) is 22.1 Å². The van der Waals surface area contributed by atoms with Gasteiger partial charge in [0, 0.05) is 31.4 Å². The molecule has 0 aliphatic carbocycles. The summed E-state index contributed by atoms with van der Waals surface area (Å²) in [4.78, 5) is 9.63. The fraction of sp³-hybridized carbons (Fsp3) is 0.100. The Bertz CT molecular complexity index is 768. The SMILES string of the molecule is Cn1ccc(NS(=O)(=O)c2cc([N+](=O)[O-])ccc2N)n1. The Kier molecular flexibility index (Phi) is 3.32. The van der Waals surface area contributed by atoms with E-state index in [1.807, 2.05) is 0 Å². The van der Waals surface area contributed by atoms with Gasteiger partial charge in [0.2, 0.25) is 0 Å². The van der Waals surface area contributed by atoms with E-state index in [4.69, 9.17) is 5.73 Å². The molecule has 1 heterocycles. The van der Waals surface area contributed by atoms with Crippen LogP contribution in [0.5, 0.6) is 0 Å². The number of nitro benzene ring substituents is 1. The molecule has 2 aromatic rings. The third-order valence-corrected chi connectivity index (χ3v) is 3.86. The molecule has 0 aliphatic heterocycles. The van der Waals surface area contributed by atoms with Gasteiger partial charge >= 0.3 is 0 Å². The van der Waals surface area contributed by atoms with Gasteiger partial charge in [0.05, 0.1) is 10.6 Å². The van der Waals surface area contributed by atoms with Crippen LogP contribution in [0.25, 0.3) is 0 Å². The van der Waals surface area contributed by atoms with E-state index < -0.39 is 14.9 Å². The van der Waals surface area contributed by atoms with E-state index in [0.717, 1.165) is 12.1 Å². The van der Waals surface area contributed by atoms with Crippen molar-refractivity contribution >= 4 is 27.2 Å². The van der Waals surface area contributed by atoms with Crippen LogP contribution in [0.1, 0.15) is 0 Å². The average Bonchev–Trinajstić information content (AvgIpc) is 2.73. The first-order valence-electron chi connectivity index (χ1n) is 5.36. The van der Waals surface area contributed by atoms with Crippen molar-refractivity contribution in [3.8, 4) is 0 Å². The van der Waals surface area contributed by atoms with Crippen LogP contribution in [0, 0.1) is 10.1 Å². The number of aryl methyl sites for hydroxylation is 1. The number of non-ortho nitro benzene ring substituents is 1. The van der Waals surface area contributed by atoms with Gasteiger partial charge in [0.15, 0.2) is 5.82 Å². The fourth-order valence-electron chi connectivity index (χ4n) is 1.53. The van der Waals surface area contributed by atoms with E-state index in [2.05, 4.69) is 9.82 Å². The summed E-state index contributed by atoms with van der Waals surface area (Å²) in [5, 5.41) is 14.5. The van der Waals surface area contributed by atoms with Gasteiger partial charge in [-0.3, -0.25) is 19.5 Å². The molecule has 1 aromatic heterocycles. The maximum atomic E-state index is 12.1. The van der Waals surface area contributed by atoms with Crippen LogP contribution in [-0.2, 0) is 17.1 Å². The summed E-state index contributed by atoms with van der Waals surface area (Å²) >= 11 is 0. The number of anilines is 2. The van der Waals surface area contributed by atoms with Crippen molar-refractivity contribution < 1.29 is 13.3 Å². The number of sulfonamides is 1. The lowest BCUT2D eigenvalue weighted by Crippen LogP contribution is -2.15. The number of nitrogens with two attached hydrogens (primary N) is 1. The number of benzene rings is 1. The van der Waals surface area contributed by atoms with Crippen LogP contribution < -0.4 is 10.5 Å². The van der Waals surface area contributed by atoms with Gasteiger partial charge in [-0.2, -0.15) is 5.10 Å².